The first-order valence-electron chi connectivity index (χ1n) is 6.44. The zero-order valence-electron chi connectivity index (χ0n) is 10.7. The predicted octanol–water partition coefficient (Wildman–Crippen LogP) is 3.25. The van der Waals surface area contributed by atoms with Crippen molar-refractivity contribution in [3.63, 3.8) is 0 Å². The van der Waals surface area contributed by atoms with E-state index in [-0.39, 0.29) is 6.04 Å². The first-order valence-corrected chi connectivity index (χ1v) is 7.26. The summed E-state index contributed by atoms with van der Waals surface area (Å²) in [6.45, 7) is 1.31. The SMILES string of the molecule is CC1(CC(F)(F)F)SC(NC2CCCCC2)=NC1=O. The standard InChI is InChI=1S/C12H17F3N2OS/c1-11(7-12(13,14)15)9(18)17-10(19-11)16-8-5-3-2-4-6-8/h8H,2-7H2,1H3,(H,16,17,18). The van der Waals surface area contributed by atoms with Crippen LogP contribution in [0.2, 0.25) is 0 Å². The maximum absolute atomic E-state index is 12.5. The fraction of sp³-hybridized carbons (Fsp3) is 0.833. The van der Waals surface area contributed by atoms with Gasteiger partial charge in [-0.1, -0.05) is 31.0 Å². The Bertz CT molecular complexity index is 391. The summed E-state index contributed by atoms with van der Waals surface area (Å²) in [7, 11) is 0. The number of carbonyl (C=O) groups is 1. The molecule has 108 valence electrons. The summed E-state index contributed by atoms with van der Waals surface area (Å²) in [6.07, 6.45) is -0.0845. The third kappa shape index (κ3) is 3.87. The zero-order chi connectivity index (χ0) is 14.1. The molecule has 1 N–H and O–H groups in total. The molecule has 0 spiro atoms. The van der Waals surface area contributed by atoms with Crippen molar-refractivity contribution < 1.29 is 18.0 Å². The number of alkyl halides is 3. The number of carbonyl (C=O) groups excluding carboxylic acids is 1. The number of aliphatic imine (C=N–C) groups is 1. The van der Waals surface area contributed by atoms with E-state index in [0.717, 1.165) is 37.4 Å². The van der Waals surface area contributed by atoms with Gasteiger partial charge in [-0.15, -0.1) is 0 Å². The zero-order valence-corrected chi connectivity index (χ0v) is 11.5. The van der Waals surface area contributed by atoms with E-state index < -0.39 is 23.3 Å². The van der Waals surface area contributed by atoms with Crippen molar-refractivity contribution in [2.24, 2.45) is 4.99 Å². The van der Waals surface area contributed by atoms with E-state index >= 15 is 0 Å². The molecule has 3 nitrogen and oxygen atoms in total. The summed E-state index contributed by atoms with van der Waals surface area (Å²) in [5, 5.41) is 3.46. The molecule has 1 atom stereocenters. The molecular weight excluding hydrogens is 277 g/mol. The Morgan fingerprint density at radius 2 is 2.00 bits per heavy atom. The molecule has 0 aromatic carbocycles. The van der Waals surface area contributed by atoms with E-state index in [0.29, 0.717) is 5.17 Å². The minimum absolute atomic E-state index is 0.237. The van der Waals surface area contributed by atoms with Gasteiger partial charge in [0.2, 0.25) is 0 Å². The Morgan fingerprint density at radius 3 is 2.58 bits per heavy atom. The third-order valence-electron chi connectivity index (χ3n) is 3.45. The number of halogens is 3. The van der Waals surface area contributed by atoms with Crippen LogP contribution in [0.1, 0.15) is 45.4 Å². The highest BCUT2D eigenvalue weighted by atomic mass is 32.2. The van der Waals surface area contributed by atoms with Crippen LogP contribution in [0.4, 0.5) is 13.2 Å². The van der Waals surface area contributed by atoms with E-state index in [4.69, 9.17) is 0 Å². The third-order valence-corrected chi connectivity index (χ3v) is 4.62. The molecule has 1 saturated carbocycles. The molecule has 0 bridgehead atoms. The summed E-state index contributed by atoms with van der Waals surface area (Å²) >= 11 is 0.911. The topological polar surface area (TPSA) is 41.5 Å². The van der Waals surface area contributed by atoms with Gasteiger partial charge >= 0.3 is 6.18 Å². The quantitative estimate of drug-likeness (QED) is 0.850. The second-order valence-electron chi connectivity index (χ2n) is 5.33. The Hall–Kier alpha value is -0.720. The summed E-state index contributed by atoms with van der Waals surface area (Å²) in [4.78, 5) is 15.4. The Labute approximate surface area is 114 Å². The second kappa shape index (κ2) is 5.34. The lowest BCUT2D eigenvalue weighted by molar-refractivity contribution is -0.147. The van der Waals surface area contributed by atoms with E-state index in [1.807, 2.05) is 0 Å². The summed E-state index contributed by atoms with van der Waals surface area (Å²) in [5.41, 5.74) is 0. The Kier molecular flexibility index (Phi) is 4.13. The van der Waals surface area contributed by atoms with Crippen molar-refractivity contribution in [2.75, 3.05) is 0 Å². The molecule has 1 aliphatic carbocycles. The number of hydrogen-bond acceptors (Lipinski definition) is 3. The normalized spacial score (nSPS) is 29.5. The largest absolute Gasteiger partial charge is 0.390 e. The van der Waals surface area contributed by atoms with Crippen molar-refractivity contribution in [3.8, 4) is 0 Å². The molecule has 1 amide bonds. The van der Waals surface area contributed by atoms with Crippen molar-refractivity contribution in [1.82, 2.24) is 5.32 Å². The lowest BCUT2D eigenvalue weighted by atomic mass is 9.96. The van der Waals surface area contributed by atoms with Crippen molar-refractivity contribution in [1.29, 1.82) is 0 Å². The van der Waals surface area contributed by atoms with Crippen LogP contribution in [0.5, 0.6) is 0 Å². The van der Waals surface area contributed by atoms with Gasteiger partial charge in [-0.2, -0.15) is 18.2 Å². The molecule has 19 heavy (non-hydrogen) atoms. The van der Waals surface area contributed by atoms with Gasteiger partial charge < -0.3 is 5.32 Å². The fourth-order valence-electron chi connectivity index (χ4n) is 2.47. The molecule has 7 heteroatoms. The molecule has 0 aromatic heterocycles. The molecule has 2 aliphatic rings. The molecule has 2 rings (SSSR count). The molecule has 0 aromatic rings. The van der Waals surface area contributed by atoms with Gasteiger partial charge in [0.1, 0.15) is 4.75 Å². The first-order chi connectivity index (χ1) is 8.78. The molecule has 0 saturated heterocycles. The number of nitrogens with zero attached hydrogens (tertiary/aromatic N) is 1. The molecule has 1 heterocycles. The summed E-state index contributed by atoms with van der Waals surface area (Å²) in [5.74, 6) is -0.687. The van der Waals surface area contributed by atoms with Gasteiger partial charge in [0.25, 0.3) is 5.91 Å². The number of rotatable bonds is 2. The summed E-state index contributed by atoms with van der Waals surface area (Å²) in [6, 6.07) is 0.237. The Balaban J connectivity index is 1.95. The monoisotopic (exact) mass is 294 g/mol. The Morgan fingerprint density at radius 1 is 1.37 bits per heavy atom. The van der Waals surface area contributed by atoms with Crippen molar-refractivity contribution in [2.45, 2.75) is 62.4 Å². The lowest BCUT2D eigenvalue weighted by Crippen LogP contribution is -2.36. The van der Waals surface area contributed by atoms with Crippen molar-refractivity contribution in [3.05, 3.63) is 0 Å². The van der Waals surface area contributed by atoms with Gasteiger partial charge in [-0.25, -0.2) is 0 Å². The van der Waals surface area contributed by atoms with Crippen LogP contribution in [-0.2, 0) is 4.79 Å². The minimum Gasteiger partial charge on any atom is -0.362 e. The van der Waals surface area contributed by atoms with Crippen LogP contribution < -0.4 is 5.32 Å². The maximum atomic E-state index is 12.5. The molecular formula is C12H17F3N2OS. The van der Waals surface area contributed by atoms with Gasteiger partial charge in [-0.05, 0) is 19.8 Å². The fourth-order valence-corrected chi connectivity index (χ4v) is 3.62. The van der Waals surface area contributed by atoms with Crippen molar-refractivity contribution >= 4 is 22.8 Å². The first kappa shape index (κ1) is 14.7. The van der Waals surface area contributed by atoms with Crippen LogP contribution >= 0.6 is 11.8 Å². The predicted molar refractivity (Wildman–Crippen MR) is 69.1 cm³/mol. The van der Waals surface area contributed by atoms with E-state index in [1.54, 1.807) is 0 Å². The average Bonchev–Trinajstić information content (AvgIpc) is 2.52. The van der Waals surface area contributed by atoms with Gasteiger partial charge in [0, 0.05) is 6.04 Å². The molecule has 1 unspecified atom stereocenters. The average molecular weight is 294 g/mol. The maximum Gasteiger partial charge on any atom is 0.390 e. The highest BCUT2D eigenvalue weighted by molar-refractivity contribution is 8.16. The van der Waals surface area contributed by atoms with Crippen LogP contribution in [0.15, 0.2) is 4.99 Å². The highest BCUT2D eigenvalue weighted by Crippen LogP contribution is 2.42. The van der Waals surface area contributed by atoms with Gasteiger partial charge in [0.15, 0.2) is 5.17 Å². The number of amidine groups is 1. The number of amides is 1. The van der Waals surface area contributed by atoms with Crippen LogP contribution in [-0.4, -0.2) is 28.0 Å². The van der Waals surface area contributed by atoms with E-state index in [1.165, 1.54) is 13.3 Å². The highest BCUT2D eigenvalue weighted by Gasteiger charge is 2.49. The minimum atomic E-state index is -4.35. The number of thioether (sulfide) groups is 1. The lowest BCUT2D eigenvalue weighted by Gasteiger charge is -2.25. The smallest absolute Gasteiger partial charge is 0.362 e. The van der Waals surface area contributed by atoms with Crippen LogP contribution in [0.3, 0.4) is 0 Å². The molecule has 0 radical (unpaired) electrons. The molecule has 1 fully saturated rings. The number of hydrogen-bond donors (Lipinski definition) is 1. The second-order valence-corrected chi connectivity index (χ2v) is 6.82. The van der Waals surface area contributed by atoms with Crippen LogP contribution in [0, 0.1) is 0 Å². The summed E-state index contributed by atoms with van der Waals surface area (Å²) < 4.78 is 35.9. The van der Waals surface area contributed by atoms with Gasteiger partial charge in [0.05, 0.1) is 6.42 Å². The number of nitrogens with one attached hydrogen (secondary N) is 1. The van der Waals surface area contributed by atoms with E-state index in [9.17, 15) is 18.0 Å². The van der Waals surface area contributed by atoms with E-state index in [2.05, 4.69) is 10.3 Å². The van der Waals surface area contributed by atoms with Gasteiger partial charge in [-0.3, -0.25) is 4.79 Å². The van der Waals surface area contributed by atoms with Crippen LogP contribution in [0.25, 0.3) is 0 Å². The molecule has 1 aliphatic heterocycles.